The Hall–Kier alpha value is -1.62. The van der Waals surface area contributed by atoms with Gasteiger partial charge in [-0.1, -0.05) is 29.3 Å². The molecule has 0 spiro atoms. The summed E-state index contributed by atoms with van der Waals surface area (Å²) in [6, 6.07) is 9.30. The standard InChI is InChI=1S/C16H16Cl2N2O2/c17-14-2-1-13(9-15(14)18)11-20(8-5-16(21)22)10-12-3-6-19-7-4-12/h1-4,6-7,9H,5,8,10-11H2,(H,21,22). The molecule has 116 valence electrons. The Labute approximate surface area is 139 Å². The molecule has 1 aromatic heterocycles. The first-order chi connectivity index (χ1) is 10.5. The van der Waals surface area contributed by atoms with E-state index in [2.05, 4.69) is 9.88 Å². The van der Waals surface area contributed by atoms with Crippen molar-refractivity contribution in [2.75, 3.05) is 6.54 Å². The van der Waals surface area contributed by atoms with Crippen molar-refractivity contribution in [2.45, 2.75) is 19.5 Å². The van der Waals surface area contributed by atoms with Gasteiger partial charge in [-0.2, -0.15) is 0 Å². The lowest BCUT2D eigenvalue weighted by molar-refractivity contribution is -0.137. The molecule has 1 heterocycles. The predicted octanol–water partition coefficient (Wildman–Crippen LogP) is 3.87. The molecule has 0 bridgehead atoms. The molecule has 2 aromatic rings. The van der Waals surface area contributed by atoms with Crippen molar-refractivity contribution in [1.82, 2.24) is 9.88 Å². The Morgan fingerprint density at radius 2 is 1.73 bits per heavy atom. The number of pyridine rings is 1. The monoisotopic (exact) mass is 338 g/mol. The number of carboxylic acid groups (broad SMARTS) is 1. The van der Waals surface area contributed by atoms with Gasteiger partial charge in [0, 0.05) is 32.0 Å². The number of rotatable bonds is 7. The number of carbonyl (C=O) groups is 1. The van der Waals surface area contributed by atoms with Crippen LogP contribution in [0.25, 0.3) is 0 Å². The molecule has 1 N–H and O–H groups in total. The van der Waals surface area contributed by atoms with Crippen LogP contribution in [0.3, 0.4) is 0 Å². The normalized spacial score (nSPS) is 10.9. The summed E-state index contributed by atoms with van der Waals surface area (Å²) in [5.74, 6) is -0.811. The van der Waals surface area contributed by atoms with Crippen molar-refractivity contribution >= 4 is 29.2 Å². The molecular formula is C16H16Cl2N2O2. The smallest absolute Gasteiger partial charge is 0.304 e. The van der Waals surface area contributed by atoms with E-state index in [0.29, 0.717) is 29.7 Å². The zero-order chi connectivity index (χ0) is 15.9. The Morgan fingerprint density at radius 1 is 1.05 bits per heavy atom. The molecular weight excluding hydrogens is 323 g/mol. The van der Waals surface area contributed by atoms with Gasteiger partial charge in [0.1, 0.15) is 0 Å². The average Bonchev–Trinajstić information content (AvgIpc) is 2.49. The highest BCUT2D eigenvalue weighted by Gasteiger charge is 2.10. The fourth-order valence-electron chi connectivity index (χ4n) is 2.11. The van der Waals surface area contributed by atoms with Crippen molar-refractivity contribution < 1.29 is 9.90 Å². The van der Waals surface area contributed by atoms with Crippen molar-refractivity contribution in [3.05, 3.63) is 63.9 Å². The van der Waals surface area contributed by atoms with Gasteiger partial charge in [-0.25, -0.2) is 0 Å². The first-order valence-corrected chi connectivity index (χ1v) is 7.57. The number of hydrogen-bond acceptors (Lipinski definition) is 3. The molecule has 22 heavy (non-hydrogen) atoms. The van der Waals surface area contributed by atoms with E-state index in [9.17, 15) is 4.79 Å². The van der Waals surface area contributed by atoms with E-state index in [1.54, 1.807) is 18.5 Å². The van der Waals surface area contributed by atoms with Crippen molar-refractivity contribution in [3.8, 4) is 0 Å². The van der Waals surface area contributed by atoms with Crippen LogP contribution in [0.2, 0.25) is 10.0 Å². The second-order valence-electron chi connectivity index (χ2n) is 4.96. The van der Waals surface area contributed by atoms with Gasteiger partial charge in [0.2, 0.25) is 0 Å². The second kappa shape index (κ2) is 8.13. The molecule has 0 radical (unpaired) electrons. The minimum Gasteiger partial charge on any atom is -0.481 e. The van der Waals surface area contributed by atoms with E-state index in [-0.39, 0.29) is 6.42 Å². The molecule has 0 atom stereocenters. The molecule has 4 nitrogen and oxygen atoms in total. The number of halogens is 2. The first kappa shape index (κ1) is 16.7. The third-order valence-electron chi connectivity index (χ3n) is 3.19. The summed E-state index contributed by atoms with van der Waals surface area (Å²) in [4.78, 5) is 16.9. The highest BCUT2D eigenvalue weighted by molar-refractivity contribution is 6.42. The Bertz CT molecular complexity index is 635. The van der Waals surface area contributed by atoms with Crippen LogP contribution < -0.4 is 0 Å². The maximum absolute atomic E-state index is 10.8. The largest absolute Gasteiger partial charge is 0.481 e. The minimum absolute atomic E-state index is 0.0897. The van der Waals surface area contributed by atoms with Gasteiger partial charge in [0.25, 0.3) is 0 Å². The quantitative estimate of drug-likeness (QED) is 0.832. The average molecular weight is 339 g/mol. The van der Waals surface area contributed by atoms with Crippen molar-refractivity contribution in [1.29, 1.82) is 0 Å². The highest BCUT2D eigenvalue weighted by Crippen LogP contribution is 2.23. The second-order valence-corrected chi connectivity index (χ2v) is 5.77. The van der Waals surface area contributed by atoms with Gasteiger partial charge in [-0.05, 0) is 35.4 Å². The van der Waals surface area contributed by atoms with Crippen LogP contribution in [0.4, 0.5) is 0 Å². The third kappa shape index (κ3) is 5.30. The van der Waals surface area contributed by atoms with Crippen LogP contribution in [-0.2, 0) is 17.9 Å². The number of hydrogen-bond donors (Lipinski definition) is 1. The van der Waals surface area contributed by atoms with Crippen LogP contribution in [0.15, 0.2) is 42.7 Å². The number of benzene rings is 1. The lowest BCUT2D eigenvalue weighted by atomic mass is 10.2. The SMILES string of the molecule is O=C(O)CCN(Cc1ccncc1)Cc1ccc(Cl)c(Cl)c1. The molecule has 6 heteroatoms. The highest BCUT2D eigenvalue weighted by atomic mass is 35.5. The summed E-state index contributed by atoms with van der Waals surface area (Å²) in [5, 5.41) is 9.91. The first-order valence-electron chi connectivity index (χ1n) is 6.81. The molecule has 0 fully saturated rings. The van der Waals surface area contributed by atoms with Crippen LogP contribution >= 0.6 is 23.2 Å². The van der Waals surface area contributed by atoms with Crippen LogP contribution in [0, 0.1) is 0 Å². The van der Waals surface area contributed by atoms with Gasteiger partial charge >= 0.3 is 5.97 Å². The zero-order valence-electron chi connectivity index (χ0n) is 11.9. The van der Waals surface area contributed by atoms with E-state index in [0.717, 1.165) is 11.1 Å². The van der Waals surface area contributed by atoms with Gasteiger partial charge in [-0.3, -0.25) is 14.7 Å². The molecule has 2 rings (SSSR count). The lowest BCUT2D eigenvalue weighted by Crippen LogP contribution is -2.25. The van der Waals surface area contributed by atoms with Crippen LogP contribution in [-0.4, -0.2) is 27.5 Å². The van der Waals surface area contributed by atoms with E-state index in [1.165, 1.54) is 0 Å². The van der Waals surface area contributed by atoms with Gasteiger partial charge in [0.15, 0.2) is 0 Å². The molecule has 0 saturated carbocycles. The van der Waals surface area contributed by atoms with Gasteiger partial charge < -0.3 is 5.11 Å². The fraction of sp³-hybridized carbons (Fsp3) is 0.250. The fourth-order valence-corrected chi connectivity index (χ4v) is 2.43. The number of aromatic nitrogens is 1. The molecule has 0 saturated heterocycles. The maximum Gasteiger partial charge on any atom is 0.304 e. The van der Waals surface area contributed by atoms with Crippen LogP contribution in [0.5, 0.6) is 0 Å². The number of carboxylic acids is 1. The Kier molecular flexibility index (Phi) is 6.19. The topological polar surface area (TPSA) is 53.4 Å². The Balaban J connectivity index is 2.09. The van der Waals surface area contributed by atoms with Crippen LogP contribution in [0.1, 0.15) is 17.5 Å². The summed E-state index contributed by atoms with van der Waals surface area (Å²) >= 11 is 12.0. The predicted molar refractivity (Wildman–Crippen MR) is 87.1 cm³/mol. The lowest BCUT2D eigenvalue weighted by Gasteiger charge is -2.22. The summed E-state index contributed by atoms with van der Waals surface area (Å²) < 4.78 is 0. The molecule has 0 amide bonds. The number of aliphatic carboxylic acids is 1. The van der Waals surface area contributed by atoms with Crippen molar-refractivity contribution in [2.24, 2.45) is 0 Å². The molecule has 0 aliphatic heterocycles. The summed E-state index contributed by atoms with van der Waals surface area (Å²) in [7, 11) is 0. The zero-order valence-corrected chi connectivity index (χ0v) is 13.4. The molecule has 0 unspecified atom stereocenters. The summed E-state index contributed by atoms with van der Waals surface area (Å²) in [5.41, 5.74) is 2.08. The van der Waals surface area contributed by atoms with E-state index < -0.39 is 5.97 Å². The van der Waals surface area contributed by atoms with Gasteiger partial charge in [0.05, 0.1) is 16.5 Å². The third-order valence-corrected chi connectivity index (χ3v) is 3.93. The van der Waals surface area contributed by atoms with Crippen molar-refractivity contribution in [3.63, 3.8) is 0 Å². The van der Waals surface area contributed by atoms with E-state index >= 15 is 0 Å². The molecule has 0 aliphatic carbocycles. The van der Waals surface area contributed by atoms with E-state index in [4.69, 9.17) is 28.3 Å². The summed E-state index contributed by atoms with van der Waals surface area (Å²) in [6.45, 7) is 1.71. The maximum atomic E-state index is 10.8. The number of nitrogens with zero attached hydrogens (tertiary/aromatic N) is 2. The Morgan fingerprint density at radius 3 is 2.36 bits per heavy atom. The molecule has 0 aliphatic rings. The minimum atomic E-state index is -0.811. The van der Waals surface area contributed by atoms with Gasteiger partial charge in [-0.15, -0.1) is 0 Å². The summed E-state index contributed by atoms with van der Waals surface area (Å²) in [6.07, 6.45) is 3.54. The van der Waals surface area contributed by atoms with E-state index in [1.807, 2.05) is 24.3 Å². The molecule has 1 aromatic carbocycles.